The van der Waals surface area contributed by atoms with Gasteiger partial charge in [-0.25, -0.2) is 10.1 Å². The largest absolute Gasteiger partial charge is 0.600 e. The Morgan fingerprint density at radius 3 is 2.71 bits per heavy atom. The minimum Gasteiger partial charge on any atom is -0.600 e. The zero-order chi connectivity index (χ0) is 5.28. The van der Waals surface area contributed by atoms with Crippen molar-refractivity contribution in [3.8, 4) is 0 Å². The third-order valence-electron chi connectivity index (χ3n) is 1.20. The van der Waals surface area contributed by atoms with Gasteiger partial charge in [-0.3, -0.25) is 0 Å². The lowest BCUT2D eigenvalue weighted by molar-refractivity contribution is -1.05. The van der Waals surface area contributed by atoms with Crippen molar-refractivity contribution in [2.75, 3.05) is 6.61 Å². The third-order valence-corrected chi connectivity index (χ3v) is 1.20. The maximum absolute atomic E-state index is 10.4. The summed E-state index contributed by atoms with van der Waals surface area (Å²) >= 11 is 0. The first-order chi connectivity index (χ1) is 3.30. The second-order valence-electron chi connectivity index (χ2n) is 1.86. The van der Waals surface area contributed by atoms with E-state index in [1.807, 2.05) is 6.92 Å². The molecule has 0 aromatic rings. The number of hydrogen-bond donors (Lipinski definition) is 1. The predicted octanol–water partition coefficient (Wildman–Crippen LogP) is -0.907. The van der Waals surface area contributed by atoms with Gasteiger partial charge in [-0.15, -0.1) is 0 Å². The molecule has 1 aliphatic heterocycles. The van der Waals surface area contributed by atoms with E-state index in [9.17, 15) is 5.21 Å². The van der Waals surface area contributed by atoms with Crippen molar-refractivity contribution in [1.29, 1.82) is 0 Å². The average Bonchev–Trinajstić information content (AvgIpc) is 1.91. The van der Waals surface area contributed by atoms with Crippen molar-refractivity contribution < 1.29 is 10.1 Å². The van der Waals surface area contributed by atoms with Crippen LogP contribution in [0.5, 0.6) is 0 Å². The zero-order valence-corrected chi connectivity index (χ0v) is 4.31. The molecule has 0 aromatic heterocycles. The van der Waals surface area contributed by atoms with Gasteiger partial charge in [-0.1, -0.05) is 0 Å². The van der Waals surface area contributed by atoms with Crippen LogP contribution in [0.25, 0.3) is 0 Å². The van der Waals surface area contributed by atoms with E-state index < -0.39 is 0 Å². The van der Waals surface area contributed by atoms with Gasteiger partial charge >= 0.3 is 0 Å². The molecule has 1 N–H and O–H groups in total. The van der Waals surface area contributed by atoms with E-state index in [0.29, 0.717) is 6.61 Å². The van der Waals surface area contributed by atoms with E-state index in [2.05, 4.69) is 4.84 Å². The van der Waals surface area contributed by atoms with Crippen molar-refractivity contribution in [3.05, 3.63) is 5.21 Å². The standard InChI is InChI=1S/C4H9NO2/c1-4-2-3-7-5(4)6/h4-5H,2-3H2,1H3. The second-order valence-corrected chi connectivity index (χ2v) is 1.86. The molecule has 2 unspecified atom stereocenters. The highest BCUT2D eigenvalue weighted by atomic mass is 16.9. The smallest absolute Gasteiger partial charge is 0.117 e. The maximum atomic E-state index is 10.4. The van der Waals surface area contributed by atoms with Crippen LogP contribution in [0.3, 0.4) is 0 Å². The molecule has 0 saturated carbocycles. The molecule has 1 rings (SSSR count). The van der Waals surface area contributed by atoms with E-state index in [1.165, 1.54) is 0 Å². The normalized spacial score (nSPS) is 42.0. The van der Waals surface area contributed by atoms with Crippen molar-refractivity contribution >= 4 is 0 Å². The summed E-state index contributed by atoms with van der Waals surface area (Å²) in [4.78, 5) is 4.63. The number of quaternary nitrogens is 1. The molecule has 0 aromatic carbocycles. The number of hydrogen-bond acceptors (Lipinski definition) is 2. The molecule has 3 heteroatoms. The Morgan fingerprint density at radius 1 is 1.86 bits per heavy atom. The van der Waals surface area contributed by atoms with E-state index in [0.717, 1.165) is 6.42 Å². The van der Waals surface area contributed by atoms with Crippen LogP contribution in [-0.4, -0.2) is 12.6 Å². The molecule has 0 bridgehead atoms. The van der Waals surface area contributed by atoms with Crippen LogP contribution in [0.1, 0.15) is 13.3 Å². The monoisotopic (exact) mass is 103 g/mol. The molecule has 1 heterocycles. The van der Waals surface area contributed by atoms with E-state index in [4.69, 9.17) is 0 Å². The van der Waals surface area contributed by atoms with Gasteiger partial charge in [-0.05, 0) is 6.92 Å². The van der Waals surface area contributed by atoms with Gasteiger partial charge in [0.05, 0.1) is 0 Å². The summed E-state index contributed by atoms with van der Waals surface area (Å²) in [5.41, 5.74) is 0. The summed E-state index contributed by atoms with van der Waals surface area (Å²) in [5.74, 6) is 0. The minimum absolute atomic E-state index is 0.0417. The van der Waals surface area contributed by atoms with Gasteiger partial charge in [0.15, 0.2) is 0 Å². The van der Waals surface area contributed by atoms with Gasteiger partial charge in [0.2, 0.25) is 0 Å². The van der Waals surface area contributed by atoms with Gasteiger partial charge in [0, 0.05) is 6.42 Å². The fourth-order valence-corrected chi connectivity index (χ4v) is 0.596. The predicted molar refractivity (Wildman–Crippen MR) is 24.4 cm³/mol. The lowest BCUT2D eigenvalue weighted by Gasteiger charge is -2.15. The SMILES string of the molecule is CC1CCO[NH+]1[O-]. The maximum Gasteiger partial charge on any atom is 0.117 e. The van der Waals surface area contributed by atoms with Crippen molar-refractivity contribution in [2.24, 2.45) is 0 Å². The van der Waals surface area contributed by atoms with Crippen molar-refractivity contribution in [2.45, 2.75) is 19.4 Å². The summed E-state index contributed by atoms with van der Waals surface area (Å²) in [5, 5.41) is 10.3. The van der Waals surface area contributed by atoms with E-state index >= 15 is 0 Å². The first-order valence-corrected chi connectivity index (χ1v) is 2.47. The lowest BCUT2D eigenvalue weighted by atomic mass is 10.3. The first kappa shape index (κ1) is 5.03. The molecule has 0 spiro atoms. The molecule has 1 aliphatic rings. The number of rotatable bonds is 0. The van der Waals surface area contributed by atoms with Crippen LogP contribution in [0.2, 0.25) is 0 Å². The zero-order valence-electron chi connectivity index (χ0n) is 4.31. The molecule has 42 valence electrons. The first-order valence-electron chi connectivity index (χ1n) is 2.47. The molecule has 3 nitrogen and oxygen atoms in total. The van der Waals surface area contributed by atoms with Crippen molar-refractivity contribution in [3.63, 3.8) is 0 Å². The number of hydroxylamine groups is 2. The highest BCUT2D eigenvalue weighted by Crippen LogP contribution is 1.90. The van der Waals surface area contributed by atoms with E-state index in [1.54, 1.807) is 0 Å². The molecular weight excluding hydrogens is 94.0 g/mol. The summed E-state index contributed by atoms with van der Waals surface area (Å²) in [6, 6.07) is 0.153. The summed E-state index contributed by atoms with van der Waals surface area (Å²) in [7, 11) is 0. The molecule has 1 saturated heterocycles. The van der Waals surface area contributed by atoms with Gasteiger partial charge < -0.3 is 5.21 Å². The Balaban J connectivity index is 2.33. The summed E-state index contributed by atoms with van der Waals surface area (Å²) in [6.45, 7) is 2.51. The highest BCUT2D eigenvalue weighted by molar-refractivity contribution is 4.47. The Labute approximate surface area is 42.4 Å². The molecule has 0 aliphatic carbocycles. The quantitative estimate of drug-likeness (QED) is 0.403. The molecular formula is C4H9NO2. The Kier molecular flexibility index (Phi) is 1.27. The molecule has 2 atom stereocenters. The number of nitrogens with one attached hydrogen (secondary N) is 1. The molecule has 7 heavy (non-hydrogen) atoms. The Morgan fingerprint density at radius 2 is 2.57 bits per heavy atom. The van der Waals surface area contributed by atoms with Crippen LogP contribution in [0.15, 0.2) is 0 Å². The molecule has 0 radical (unpaired) electrons. The highest BCUT2D eigenvalue weighted by Gasteiger charge is 2.17. The minimum atomic E-state index is -0.0417. The van der Waals surface area contributed by atoms with Crippen LogP contribution < -0.4 is 5.23 Å². The summed E-state index contributed by atoms with van der Waals surface area (Å²) < 4.78 is 0. The van der Waals surface area contributed by atoms with Gasteiger partial charge in [0.25, 0.3) is 0 Å². The summed E-state index contributed by atoms with van der Waals surface area (Å²) in [6.07, 6.45) is 0.902. The van der Waals surface area contributed by atoms with Crippen LogP contribution >= 0.6 is 0 Å². The van der Waals surface area contributed by atoms with Crippen LogP contribution in [0, 0.1) is 5.21 Å². The van der Waals surface area contributed by atoms with Crippen LogP contribution in [-0.2, 0) is 4.84 Å². The van der Waals surface area contributed by atoms with Gasteiger partial charge in [-0.2, -0.15) is 0 Å². The Bertz CT molecular complexity index is 58.7. The van der Waals surface area contributed by atoms with Gasteiger partial charge in [0.1, 0.15) is 12.6 Å². The van der Waals surface area contributed by atoms with Crippen LogP contribution in [0.4, 0.5) is 0 Å². The van der Waals surface area contributed by atoms with Crippen molar-refractivity contribution in [1.82, 2.24) is 0 Å². The fourth-order valence-electron chi connectivity index (χ4n) is 0.596. The third kappa shape index (κ3) is 0.907. The lowest BCUT2D eigenvalue weighted by Crippen LogP contribution is -3.07. The fraction of sp³-hybridized carbons (Fsp3) is 1.00. The molecule has 1 fully saturated rings. The molecule has 0 amide bonds. The van der Waals surface area contributed by atoms with E-state index in [-0.39, 0.29) is 11.3 Å². The topological polar surface area (TPSA) is 36.7 Å². The second kappa shape index (κ2) is 1.78. The average molecular weight is 103 g/mol. The Hall–Kier alpha value is -0.120.